The third-order valence-corrected chi connectivity index (χ3v) is 7.34. The molecule has 5 nitrogen and oxygen atoms in total. The number of thiophene rings is 1. The van der Waals surface area contributed by atoms with E-state index in [9.17, 15) is 13.2 Å². The Balaban J connectivity index is 2.03. The second kappa shape index (κ2) is 9.50. The first-order valence-corrected chi connectivity index (χ1v) is 11.3. The molecule has 0 saturated heterocycles. The maximum Gasteiger partial charge on any atom is 0.244 e. The van der Waals surface area contributed by atoms with Crippen LogP contribution in [0.4, 0.5) is 0 Å². The fourth-order valence-corrected chi connectivity index (χ4v) is 4.98. The summed E-state index contributed by atoms with van der Waals surface area (Å²) < 4.78 is 27.1. The molecular formula is C19H23ClN2O3S2. The van der Waals surface area contributed by atoms with E-state index in [1.54, 1.807) is 36.4 Å². The molecule has 0 fully saturated rings. The van der Waals surface area contributed by atoms with E-state index in [2.05, 4.69) is 5.32 Å². The molecular weight excluding hydrogens is 404 g/mol. The summed E-state index contributed by atoms with van der Waals surface area (Å²) in [6, 6.07) is 9.98. The summed E-state index contributed by atoms with van der Waals surface area (Å²) in [5.74, 6) is -0.230. The smallest absolute Gasteiger partial charge is 0.244 e. The Kier molecular flexibility index (Phi) is 7.61. The summed E-state index contributed by atoms with van der Waals surface area (Å²) >= 11 is 7.25. The third kappa shape index (κ3) is 5.65. The van der Waals surface area contributed by atoms with Crippen LogP contribution < -0.4 is 5.32 Å². The zero-order chi connectivity index (χ0) is 20.0. The second-order valence-corrected chi connectivity index (χ2v) is 9.55. The standard InChI is InChI=1S/C19H23ClN2O3S2/c1-4-22(5-2)27(24,25)17-10-6-15(7-11-17)14(3)21-19(23)13-9-16-8-12-18(20)26-16/h6-14H,4-5H2,1-3H3,(H,21,23). The van der Waals surface area contributed by atoms with E-state index >= 15 is 0 Å². The Morgan fingerprint density at radius 1 is 1.19 bits per heavy atom. The van der Waals surface area contributed by atoms with Crippen LogP contribution in [0, 0.1) is 0 Å². The summed E-state index contributed by atoms with van der Waals surface area (Å²) in [5, 5.41) is 2.86. The van der Waals surface area contributed by atoms with Gasteiger partial charge in [0.1, 0.15) is 0 Å². The molecule has 1 amide bonds. The minimum absolute atomic E-state index is 0.230. The molecule has 0 spiro atoms. The van der Waals surface area contributed by atoms with Gasteiger partial charge in [0, 0.05) is 24.0 Å². The number of benzene rings is 1. The highest BCUT2D eigenvalue weighted by atomic mass is 35.5. The summed E-state index contributed by atoms with van der Waals surface area (Å²) in [6.07, 6.45) is 3.16. The quantitative estimate of drug-likeness (QED) is 0.639. The number of rotatable bonds is 8. The fourth-order valence-electron chi connectivity index (χ4n) is 2.56. The van der Waals surface area contributed by atoms with Crippen LogP contribution in [-0.4, -0.2) is 31.7 Å². The van der Waals surface area contributed by atoms with E-state index in [4.69, 9.17) is 11.6 Å². The van der Waals surface area contributed by atoms with Crippen molar-refractivity contribution in [2.24, 2.45) is 0 Å². The van der Waals surface area contributed by atoms with Crippen molar-refractivity contribution in [2.75, 3.05) is 13.1 Å². The molecule has 1 aromatic heterocycles. The minimum atomic E-state index is -3.48. The molecule has 1 heterocycles. The number of hydrogen-bond donors (Lipinski definition) is 1. The predicted octanol–water partition coefficient (Wildman–Crippen LogP) is 4.32. The molecule has 8 heteroatoms. The first-order chi connectivity index (χ1) is 12.8. The molecule has 0 aliphatic carbocycles. The van der Waals surface area contributed by atoms with Gasteiger partial charge in [0.25, 0.3) is 0 Å². The average molecular weight is 427 g/mol. The lowest BCUT2D eigenvalue weighted by Crippen LogP contribution is -2.30. The van der Waals surface area contributed by atoms with E-state index in [1.807, 2.05) is 26.8 Å². The Morgan fingerprint density at radius 2 is 1.81 bits per heavy atom. The lowest BCUT2D eigenvalue weighted by Gasteiger charge is -2.19. The fraction of sp³-hybridized carbons (Fsp3) is 0.316. The minimum Gasteiger partial charge on any atom is -0.346 e. The highest BCUT2D eigenvalue weighted by Gasteiger charge is 2.21. The Morgan fingerprint density at radius 3 is 2.33 bits per heavy atom. The Labute approximate surface area is 169 Å². The van der Waals surface area contributed by atoms with E-state index in [0.29, 0.717) is 17.4 Å². The number of carbonyl (C=O) groups excluding carboxylic acids is 1. The van der Waals surface area contributed by atoms with Gasteiger partial charge < -0.3 is 5.32 Å². The molecule has 1 N–H and O–H groups in total. The predicted molar refractivity (Wildman–Crippen MR) is 111 cm³/mol. The molecule has 1 aromatic carbocycles. The van der Waals surface area contributed by atoms with Crippen molar-refractivity contribution in [3.63, 3.8) is 0 Å². The van der Waals surface area contributed by atoms with E-state index in [-0.39, 0.29) is 16.8 Å². The number of halogens is 1. The first kappa shape index (κ1) is 21.6. The number of amides is 1. The van der Waals surface area contributed by atoms with Crippen molar-refractivity contribution in [1.82, 2.24) is 9.62 Å². The Hall–Kier alpha value is -1.67. The van der Waals surface area contributed by atoms with Gasteiger partial charge in [-0.3, -0.25) is 4.79 Å². The number of nitrogens with one attached hydrogen (secondary N) is 1. The molecule has 2 rings (SSSR count). The van der Waals surface area contributed by atoms with Crippen molar-refractivity contribution >= 4 is 44.9 Å². The van der Waals surface area contributed by atoms with Gasteiger partial charge in [0.05, 0.1) is 15.3 Å². The number of nitrogens with zero attached hydrogens (tertiary/aromatic N) is 1. The molecule has 0 saturated carbocycles. The SMILES string of the molecule is CCN(CC)S(=O)(=O)c1ccc(C(C)NC(=O)C=Cc2ccc(Cl)s2)cc1. The van der Waals surface area contributed by atoms with Crippen LogP contribution >= 0.6 is 22.9 Å². The number of carbonyl (C=O) groups is 1. The summed E-state index contributed by atoms with van der Waals surface area (Å²) in [5.41, 5.74) is 0.828. The van der Waals surface area contributed by atoms with Crippen LogP contribution in [0.5, 0.6) is 0 Å². The molecule has 0 radical (unpaired) electrons. The van der Waals surface area contributed by atoms with Crippen LogP contribution in [0.15, 0.2) is 47.4 Å². The highest BCUT2D eigenvalue weighted by molar-refractivity contribution is 7.89. The first-order valence-electron chi connectivity index (χ1n) is 8.62. The molecule has 146 valence electrons. The molecule has 1 unspecified atom stereocenters. The van der Waals surface area contributed by atoms with Gasteiger partial charge in [0.15, 0.2) is 0 Å². The van der Waals surface area contributed by atoms with Gasteiger partial charge >= 0.3 is 0 Å². The van der Waals surface area contributed by atoms with Gasteiger partial charge in [0.2, 0.25) is 15.9 Å². The normalized spacial score (nSPS) is 13.2. The van der Waals surface area contributed by atoms with Crippen molar-refractivity contribution in [1.29, 1.82) is 0 Å². The number of sulfonamides is 1. The third-order valence-electron chi connectivity index (χ3n) is 4.08. The number of hydrogen-bond acceptors (Lipinski definition) is 4. The van der Waals surface area contributed by atoms with Crippen LogP contribution in [0.3, 0.4) is 0 Å². The van der Waals surface area contributed by atoms with Crippen molar-refractivity contribution < 1.29 is 13.2 Å². The van der Waals surface area contributed by atoms with Gasteiger partial charge in [-0.15, -0.1) is 11.3 Å². The zero-order valence-corrected chi connectivity index (χ0v) is 17.9. The topological polar surface area (TPSA) is 66.5 Å². The largest absolute Gasteiger partial charge is 0.346 e. The maximum absolute atomic E-state index is 12.5. The lowest BCUT2D eigenvalue weighted by molar-refractivity contribution is -0.117. The second-order valence-electron chi connectivity index (χ2n) is 5.86. The maximum atomic E-state index is 12.5. The monoisotopic (exact) mass is 426 g/mol. The van der Waals surface area contributed by atoms with E-state index in [0.717, 1.165) is 10.4 Å². The summed E-state index contributed by atoms with van der Waals surface area (Å²) in [4.78, 5) is 13.2. The molecule has 0 bridgehead atoms. The van der Waals surface area contributed by atoms with Gasteiger partial charge in [-0.2, -0.15) is 4.31 Å². The van der Waals surface area contributed by atoms with Crippen molar-refractivity contribution in [3.8, 4) is 0 Å². The van der Waals surface area contributed by atoms with Crippen LogP contribution in [-0.2, 0) is 14.8 Å². The van der Waals surface area contributed by atoms with Gasteiger partial charge in [-0.05, 0) is 42.8 Å². The van der Waals surface area contributed by atoms with Crippen molar-refractivity contribution in [2.45, 2.75) is 31.7 Å². The Bertz CT molecular complexity index is 901. The van der Waals surface area contributed by atoms with E-state index < -0.39 is 10.0 Å². The molecule has 2 aromatic rings. The van der Waals surface area contributed by atoms with Crippen LogP contribution in [0.2, 0.25) is 4.34 Å². The summed E-state index contributed by atoms with van der Waals surface area (Å²) in [7, 11) is -3.48. The average Bonchev–Trinajstić information content (AvgIpc) is 3.06. The summed E-state index contributed by atoms with van der Waals surface area (Å²) in [6.45, 7) is 6.32. The van der Waals surface area contributed by atoms with Crippen LogP contribution in [0.1, 0.15) is 37.3 Å². The molecule has 27 heavy (non-hydrogen) atoms. The molecule has 0 aliphatic rings. The lowest BCUT2D eigenvalue weighted by atomic mass is 10.1. The highest BCUT2D eigenvalue weighted by Crippen LogP contribution is 2.22. The van der Waals surface area contributed by atoms with Crippen molar-refractivity contribution in [3.05, 3.63) is 57.3 Å². The van der Waals surface area contributed by atoms with Crippen LogP contribution in [0.25, 0.3) is 6.08 Å². The molecule has 1 atom stereocenters. The van der Waals surface area contributed by atoms with Gasteiger partial charge in [-0.25, -0.2) is 8.42 Å². The van der Waals surface area contributed by atoms with E-state index in [1.165, 1.54) is 21.7 Å². The zero-order valence-electron chi connectivity index (χ0n) is 15.5. The van der Waals surface area contributed by atoms with Gasteiger partial charge in [-0.1, -0.05) is 37.6 Å². The molecule has 0 aliphatic heterocycles.